The zero-order valence-corrected chi connectivity index (χ0v) is 9.89. The summed E-state index contributed by atoms with van der Waals surface area (Å²) < 4.78 is 36.8. The smallest absolute Gasteiger partial charge is 0.390 e. The van der Waals surface area contributed by atoms with E-state index in [2.05, 4.69) is 5.32 Å². The Morgan fingerprint density at radius 2 is 1.82 bits per heavy atom. The quantitative estimate of drug-likeness (QED) is 0.649. The Bertz CT molecular complexity index is 351. The third-order valence-electron chi connectivity index (χ3n) is 2.21. The summed E-state index contributed by atoms with van der Waals surface area (Å²) >= 11 is 5.73. The Morgan fingerprint density at radius 1 is 1.29 bits per heavy atom. The largest absolute Gasteiger partial charge is 0.416 e. The Morgan fingerprint density at radius 3 is 2.24 bits per heavy atom. The Hall–Kier alpha value is -0.780. The van der Waals surface area contributed by atoms with E-state index in [1.165, 1.54) is 19.1 Å². The zero-order valence-electron chi connectivity index (χ0n) is 9.13. The fourth-order valence-corrected chi connectivity index (χ4v) is 1.27. The van der Waals surface area contributed by atoms with Gasteiger partial charge in [-0.1, -0.05) is 12.1 Å². The van der Waals surface area contributed by atoms with E-state index in [1.54, 1.807) is 0 Å². The summed E-state index contributed by atoms with van der Waals surface area (Å²) in [6.45, 7) is 1.83. The third-order valence-corrected chi connectivity index (χ3v) is 2.72. The summed E-state index contributed by atoms with van der Waals surface area (Å²) in [6, 6.07) is 4.79. The van der Waals surface area contributed by atoms with Crippen LogP contribution in [0.4, 0.5) is 13.2 Å². The molecule has 6 heteroatoms. The highest BCUT2D eigenvalue weighted by Gasteiger charge is 2.29. The highest BCUT2D eigenvalue weighted by atomic mass is 35.5. The molecule has 17 heavy (non-hydrogen) atoms. The van der Waals surface area contributed by atoms with E-state index < -0.39 is 23.3 Å². The third kappa shape index (κ3) is 4.53. The second-order valence-corrected chi connectivity index (χ2v) is 4.19. The van der Waals surface area contributed by atoms with Crippen molar-refractivity contribution < 1.29 is 18.3 Å². The zero-order chi connectivity index (χ0) is 13.1. The van der Waals surface area contributed by atoms with Crippen molar-refractivity contribution in [2.75, 3.05) is 0 Å². The molecule has 0 fully saturated rings. The molecule has 0 amide bonds. The van der Waals surface area contributed by atoms with Gasteiger partial charge in [-0.05, 0) is 24.6 Å². The lowest BCUT2D eigenvalue weighted by Crippen LogP contribution is -2.32. The molecule has 2 N–H and O–H groups in total. The van der Waals surface area contributed by atoms with Gasteiger partial charge < -0.3 is 5.11 Å². The first-order chi connectivity index (χ1) is 7.80. The van der Waals surface area contributed by atoms with Crippen LogP contribution in [0, 0.1) is 0 Å². The van der Waals surface area contributed by atoms with E-state index in [0.29, 0.717) is 12.1 Å². The summed E-state index contributed by atoms with van der Waals surface area (Å²) in [5.41, 5.74) is -0.638. The van der Waals surface area contributed by atoms with Gasteiger partial charge in [0.05, 0.1) is 11.7 Å². The van der Waals surface area contributed by atoms with Crippen molar-refractivity contribution >= 4 is 11.6 Å². The molecular weight excluding hydrogens is 255 g/mol. The number of nitrogens with one attached hydrogen (secondary N) is 1. The highest BCUT2D eigenvalue weighted by molar-refractivity contribution is 6.20. The molecule has 0 aromatic heterocycles. The average Bonchev–Trinajstić information content (AvgIpc) is 2.25. The van der Waals surface area contributed by atoms with E-state index in [-0.39, 0.29) is 0 Å². The number of aliphatic hydroxyl groups is 1. The van der Waals surface area contributed by atoms with E-state index in [4.69, 9.17) is 16.7 Å². The summed E-state index contributed by atoms with van der Waals surface area (Å²) in [5, 5.41) is 11.9. The first-order valence-electron chi connectivity index (χ1n) is 5.02. The molecule has 0 saturated heterocycles. The van der Waals surface area contributed by atoms with Crippen LogP contribution in [0.3, 0.4) is 0 Å². The molecule has 0 aliphatic heterocycles. The van der Waals surface area contributed by atoms with E-state index in [1.807, 2.05) is 0 Å². The molecule has 1 aromatic rings. The van der Waals surface area contributed by atoms with Crippen LogP contribution in [0.2, 0.25) is 0 Å². The predicted octanol–water partition coefficient (Wildman–Crippen LogP) is 2.74. The highest BCUT2D eigenvalue weighted by Crippen LogP contribution is 2.29. The average molecular weight is 268 g/mol. The molecule has 1 rings (SSSR count). The summed E-state index contributed by atoms with van der Waals surface area (Å²) in [4.78, 5) is 0. The van der Waals surface area contributed by atoms with Gasteiger partial charge in [-0.2, -0.15) is 13.2 Å². The standard InChI is InChI=1S/C11H13ClF3NO/c1-7(17)10(12)16-6-8-2-4-9(5-3-8)11(13,14)15/h2-5,7,10,16-17H,6H2,1H3. The maximum Gasteiger partial charge on any atom is 0.416 e. The maximum atomic E-state index is 12.3. The molecular formula is C11H13ClF3NO. The van der Waals surface area contributed by atoms with Crippen LogP contribution in [0.25, 0.3) is 0 Å². The predicted molar refractivity (Wildman–Crippen MR) is 59.6 cm³/mol. The normalized spacial score (nSPS) is 15.6. The van der Waals surface area contributed by atoms with Crippen molar-refractivity contribution in [3.05, 3.63) is 35.4 Å². The molecule has 0 radical (unpaired) electrons. The summed E-state index contributed by atoms with van der Waals surface area (Å²) in [5.74, 6) is 0. The fourth-order valence-electron chi connectivity index (χ4n) is 1.20. The number of hydrogen-bond acceptors (Lipinski definition) is 2. The number of alkyl halides is 4. The van der Waals surface area contributed by atoms with Gasteiger partial charge in [-0.25, -0.2) is 0 Å². The Labute approximate surface area is 102 Å². The van der Waals surface area contributed by atoms with Crippen molar-refractivity contribution in [1.82, 2.24) is 5.32 Å². The van der Waals surface area contributed by atoms with Gasteiger partial charge in [0.2, 0.25) is 0 Å². The minimum atomic E-state index is -4.32. The number of halogens is 4. The van der Waals surface area contributed by atoms with Gasteiger partial charge in [0.25, 0.3) is 0 Å². The molecule has 2 unspecified atom stereocenters. The Kier molecular flexibility index (Phi) is 4.80. The number of benzene rings is 1. The molecule has 2 atom stereocenters. The molecule has 96 valence electrons. The van der Waals surface area contributed by atoms with Crippen molar-refractivity contribution in [3.63, 3.8) is 0 Å². The van der Waals surface area contributed by atoms with Crippen LogP contribution >= 0.6 is 11.6 Å². The number of aliphatic hydroxyl groups excluding tert-OH is 1. The fraction of sp³-hybridized carbons (Fsp3) is 0.455. The molecule has 0 bridgehead atoms. The molecule has 0 saturated carbocycles. The topological polar surface area (TPSA) is 32.3 Å². The van der Waals surface area contributed by atoms with Gasteiger partial charge in [0, 0.05) is 6.54 Å². The van der Waals surface area contributed by atoms with Crippen LogP contribution < -0.4 is 5.32 Å². The van der Waals surface area contributed by atoms with Crippen LogP contribution in [-0.4, -0.2) is 16.7 Å². The van der Waals surface area contributed by atoms with Gasteiger partial charge >= 0.3 is 6.18 Å². The van der Waals surface area contributed by atoms with Gasteiger partial charge in [0.1, 0.15) is 5.50 Å². The number of hydrogen-bond donors (Lipinski definition) is 2. The lowest BCUT2D eigenvalue weighted by molar-refractivity contribution is -0.137. The van der Waals surface area contributed by atoms with E-state index in [9.17, 15) is 13.2 Å². The molecule has 0 aliphatic rings. The van der Waals surface area contributed by atoms with Crippen LogP contribution in [0.1, 0.15) is 18.1 Å². The minimum absolute atomic E-state index is 0.303. The van der Waals surface area contributed by atoms with Crippen molar-refractivity contribution in [1.29, 1.82) is 0 Å². The SMILES string of the molecule is CC(O)C(Cl)NCc1ccc(C(F)(F)F)cc1. The molecule has 0 heterocycles. The van der Waals surface area contributed by atoms with Crippen LogP contribution in [0.15, 0.2) is 24.3 Å². The van der Waals surface area contributed by atoms with Crippen molar-refractivity contribution in [2.45, 2.75) is 31.2 Å². The molecule has 2 nitrogen and oxygen atoms in total. The summed E-state index contributed by atoms with van der Waals surface area (Å²) in [7, 11) is 0. The van der Waals surface area contributed by atoms with Crippen molar-refractivity contribution in [3.8, 4) is 0 Å². The Balaban J connectivity index is 2.57. The molecule has 0 spiro atoms. The maximum absolute atomic E-state index is 12.3. The summed E-state index contributed by atoms with van der Waals surface area (Å²) in [6.07, 6.45) is -5.05. The van der Waals surface area contributed by atoms with Gasteiger partial charge in [-0.15, -0.1) is 11.6 Å². The molecule has 0 aliphatic carbocycles. The second-order valence-electron chi connectivity index (χ2n) is 3.72. The second kappa shape index (κ2) is 5.71. The number of rotatable bonds is 4. The van der Waals surface area contributed by atoms with Crippen molar-refractivity contribution in [2.24, 2.45) is 0 Å². The lowest BCUT2D eigenvalue weighted by atomic mass is 10.1. The minimum Gasteiger partial charge on any atom is -0.390 e. The van der Waals surface area contributed by atoms with Crippen LogP contribution in [0.5, 0.6) is 0 Å². The molecule has 1 aromatic carbocycles. The van der Waals surface area contributed by atoms with Crippen LogP contribution in [-0.2, 0) is 12.7 Å². The van der Waals surface area contributed by atoms with E-state index >= 15 is 0 Å². The first kappa shape index (κ1) is 14.3. The monoisotopic (exact) mass is 267 g/mol. The van der Waals surface area contributed by atoms with Gasteiger partial charge in [0.15, 0.2) is 0 Å². The van der Waals surface area contributed by atoms with E-state index in [0.717, 1.165) is 12.1 Å². The lowest BCUT2D eigenvalue weighted by Gasteiger charge is -2.14. The first-order valence-corrected chi connectivity index (χ1v) is 5.46. The van der Waals surface area contributed by atoms with Gasteiger partial charge in [-0.3, -0.25) is 5.32 Å².